The summed E-state index contributed by atoms with van der Waals surface area (Å²) in [5, 5.41) is 50.5. The number of phenolic OH excluding ortho intramolecular Hbond substituents is 1. The molecule has 3 aliphatic heterocycles. The standard InChI is InChI=1S/C23H27NO9/c1-24-7-6-23-10-3-5-13(31-22-17(28)15(26)16(27)19(33-22)21(29)30)20(23)32-18-12(25)4-2-9(14(18)23)8-11(10)24/h2-5,10-11,13,15-17,19-20,22,25-28H,6-8H2,1H3,(H,29,30)/t10-,11?,13-,15-,16-,17+,19-,20-,22+,23-/m0/s1. The van der Waals surface area contributed by atoms with Crippen LogP contribution in [0.3, 0.4) is 0 Å². The second-order valence-corrected chi connectivity index (χ2v) is 9.78. The van der Waals surface area contributed by atoms with E-state index in [0.29, 0.717) is 5.75 Å². The number of aliphatic hydroxyl groups excluding tert-OH is 3. The van der Waals surface area contributed by atoms with Gasteiger partial charge in [-0.1, -0.05) is 18.2 Å². The number of likely N-dealkylation sites (N-methyl/N-ethyl adjacent to an activating group) is 1. The number of carboxylic acids is 1. The van der Waals surface area contributed by atoms with Gasteiger partial charge in [0.1, 0.15) is 30.5 Å². The largest absolute Gasteiger partial charge is 0.504 e. The number of aliphatic carboxylic acids is 1. The Balaban J connectivity index is 1.38. The van der Waals surface area contributed by atoms with Crippen molar-refractivity contribution in [2.24, 2.45) is 5.92 Å². The van der Waals surface area contributed by atoms with Gasteiger partial charge in [-0.05, 0) is 38.1 Å². The van der Waals surface area contributed by atoms with Crippen molar-refractivity contribution < 1.29 is 44.5 Å². The first-order valence-electron chi connectivity index (χ1n) is 11.2. The number of hydrogen-bond acceptors (Lipinski definition) is 9. The summed E-state index contributed by atoms with van der Waals surface area (Å²) in [7, 11) is 2.11. The minimum atomic E-state index is -1.79. The fraction of sp³-hybridized carbons (Fsp3) is 0.609. The zero-order valence-electron chi connectivity index (χ0n) is 17.9. The Morgan fingerprint density at radius 3 is 2.73 bits per heavy atom. The second kappa shape index (κ2) is 7.14. The van der Waals surface area contributed by atoms with Crippen LogP contribution in [0.25, 0.3) is 0 Å². The van der Waals surface area contributed by atoms with E-state index in [1.165, 1.54) is 0 Å². The summed E-state index contributed by atoms with van der Waals surface area (Å²) in [5.41, 5.74) is 1.69. The van der Waals surface area contributed by atoms with Crippen LogP contribution in [0.5, 0.6) is 11.5 Å². The molecular weight excluding hydrogens is 434 g/mol. The van der Waals surface area contributed by atoms with Crippen molar-refractivity contribution in [3.05, 3.63) is 35.4 Å². The van der Waals surface area contributed by atoms with Gasteiger partial charge in [0, 0.05) is 22.9 Å². The number of benzene rings is 1. The molecule has 178 valence electrons. The van der Waals surface area contributed by atoms with Crippen molar-refractivity contribution >= 4 is 5.97 Å². The van der Waals surface area contributed by atoms with E-state index in [0.717, 1.165) is 30.5 Å². The molecule has 1 spiro atoms. The number of nitrogens with zero attached hydrogens (tertiary/aromatic N) is 1. The number of carboxylic acid groups (broad SMARTS) is 1. The first-order chi connectivity index (χ1) is 15.7. The van der Waals surface area contributed by atoms with Gasteiger partial charge >= 0.3 is 5.97 Å². The predicted octanol–water partition coefficient (Wildman–Crippen LogP) is -0.885. The third kappa shape index (κ3) is 2.73. The number of ether oxygens (including phenoxy) is 3. The molecule has 10 heteroatoms. The van der Waals surface area contributed by atoms with Gasteiger partial charge in [-0.2, -0.15) is 0 Å². The lowest BCUT2D eigenvalue weighted by Gasteiger charge is -2.57. The molecule has 0 radical (unpaired) electrons. The zero-order valence-corrected chi connectivity index (χ0v) is 17.9. The van der Waals surface area contributed by atoms with Crippen LogP contribution in [0.1, 0.15) is 17.5 Å². The average Bonchev–Trinajstić information content (AvgIpc) is 3.14. The number of rotatable bonds is 3. The van der Waals surface area contributed by atoms with Crippen LogP contribution >= 0.6 is 0 Å². The summed E-state index contributed by atoms with van der Waals surface area (Å²) in [6.45, 7) is 0.838. The highest BCUT2D eigenvalue weighted by Crippen LogP contribution is 2.62. The molecule has 1 unspecified atom stereocenters. The van der Waals surface area contributed by atoms with E-state index in [2.05, 4.69) is 18.0 Å². The molecule has 10 atom stereocenters. The molecule has 3 heterocycles. The molecule has 2 saturated heterocycles. The monoisotopic (exact) mass is 461 g/mol. The van der Waals surface area contributed by atoms with E-state index in [1.54, 1.807) is 6.07 Å². The van der Waals surface area contributed by atoms with E-state index in [1.807, 2.05) is 12.1 Å². The fourth-order valence-electron chi connectivity index (χ4n) is 6.66. The predicted molar refractivity (Wildman–Crippen MR) is 111 cm³/mol. The number of aromatic hydroxyl groups is 1. The molecule has 2 aliphatic carbocycles. The molecule has 33 heavy (non-hydrogen) atoms. The average molecular weight is 461 g/mol. The summed E-state index contributed by atoms with van der Waals surface area (Å²) >= 11 is 0. The minimum absolute atomic E-state index is 0.0610. The summed E-state index contributed by atoms with van der Waals surface area (Å²) in [6.07, 6.45) is -4.16. The lowest BCUT2D eigenvalue weighted by molar-refractivity contribution is -0.307. The van der Waals surface area contributed by atoms with Crippen LogP contribution in [0.4, 0.5) is 0 Å². The van der Waals surface area contributed by atoms with Crippen LogP contribution in [-0.2, 0) is 26.1 Å². The molecule has 2 fully saturated rings. The highest BCUT2D eigenvalue weighted by Gasteiger charge is 2.65. The molecule has 1 aromatic rings. The lowest BCUT2D eigenvalue weighted by atomic mass is 9.53. The number of piperidine rings is 1. The van der Waals surface area contributed by atoms with E-state index >= 15 is 0 Å². The zero-order chi connectivity index (χ0) is 23.2. The van der Waals surface area contributed by atoms with Crippen LogP contribution < -0.4 is 4.74 Å². The topological polar surface area (TPSA) is 149 Å². The highest BCUT2D eigenvalue weighted by molar-refractivity contribution is 5.73. The van der Waals surface area contributed by atoms with Gasteiger partial charge in [0.2, 0.25) is 0 Å². The summed E-state index contributed by atoms with van der Waals surface area (Å²) in [5.74, 6) is -0.824. The number of likely N-dealkylation sites (tertiary alicyclic amines) is 1. The van der Waals surface area contributed by atoms with Gasteiger partial charge in [-0.25, -0.2) is 4.79 Å². The third-order valence-electron chi connectivity index (χ3n) is 8.23. The first-order valence-corrected chi connectivity index (χ1v) is 11.2. The SMILES string of the molecule is CN1CC[C@]23c4c5ccc(O)c4O[C@H]2[C@@H](O[C@@H]2O[C@H](C(=O)O)[C@@H](O)[C@H](O)[C@H]2O)C=C[C@H]3C1C5. The van der Waals surface area contributed by atoms with Gasteiger partial charge in [-0.15, -0.1) is 0 Å². The summed E-state index contributed by atoms with van der Waals surface area (Å²) in [6, 6.07) is 3.85. The molecule has 5 N–H and O–H groups in total. The fourth-order valence-corrected chi connectivity index (χ4v) is 6.66. The molecule has 0 aromatic heterocycles. The summed E-state index contributed by atoms with van der Waals surface area (Å²) < 4.78 is 17.7. The van der Waals surface area contributed by atoms with Gasteiger partial charge in [0.05, 0.1) is 0 Å². The van der Waals surface area contributed by atoms with Gasteiger partial charge < -0.3 is 44.6 Å². The molecule has 0 amide bonds. The number of aliphatic hydroxyl groups is 3. The second-order valence-electron chi connectivity index (χ2n) is 9.78. The van der Waals surface area contributed by atoms with Crippen molar-refractivity contribution in [3.8, 4) is 11.5 Å². The molecule has 6 rings (SSSR count). The van der Waals surface area contributed by atoms with E-state index in [-0.39, 0.29) is 17.7 Å². The van der Waals surface area contributed by atoms with Crippen LogP contribution in [0.2, 0.25) is 0 Å². The van der Waals surface area contributed by atoms with Gasteiger partial charge in [0.15, 0.2) is 23.9 Å². The molecule has 2 bridgehead atoms. The Hall–Kier alpha value is -2.21. The quantitative estimate of drug-likeness (QED) is 0.359. The maximum absolute atomic E-state index is 11.5. The summed E-state index contributed by atoms with van der Waals surface area (Å²) in [4.78, 5) is 13.8. The van der Waals surface area contributed by atoms with Crippen molar-refractivity contribution in [3.63, 3.8) is 0 Å². The molecule has 0 saturated carbocycles. The van der Waals surface area contributed by atoms with E-state index < -0.39 is 54.3 Å². The van der Waals surface area contributed by atoms with Crippen LogP contribution in [0.15, 0.2) is 24.3 Å². The Labute approximate surface area is 189 Å². The number of carbonyl (C=O) groups is 1. The Morgan fingerprint density at radius 1 is 1.18 bits per heavy atom. The van der Waals surface area contributed by atoms with Crippen molar-refractivity contribution in [2.45, 2.75) is 67.2 Å². The Morgan fingerprint density at radius 2 is 1.97 bits per heavy atom. The molecule has 1 aromatic carbocycles. The first kappa shape index (κ1) is 21.3. The maximum atomic E-state index is 11.5. The Bertz CT molecular complexity index is 1030. The Kier molecular flexibility index (Phi) is 4.62. The highest BCUT2D eigenvalue weighted by atomic mass is 16.7. The smallest absolute Gasteiger partial charge is 0.335 e. The van der Waals surface area contributed by atoms with Crippen molar-refractivity contribution in [2.75, 3.05) is 13.6 Å². The van der Waals surface area contributed by atoms with E-state index in [4.69, 9.17) is 14.2 Å². The van der Waals surface area contributed by atoms with Crippen molar-refractivity contribution in [1.82, 2.24) is 4.90 Å². The lowest BCUT2D eigenvalue weighted by Crippen LogP contribution is -2.66. The van der Waals surface area contributed by atoms with Crippen LogP contribution in [-0.4, -0.2) is 98.9 Å². The third-order valence-corrected chi connectivity index (χ3v) is 8.23. The van der Waals surface area contributed by atoms with Gasteiger partial charge in [0.25, 0.3) is 0 Å². The van der Waals surface area contributed by atoms with E-state index in [9.17, 15) is 30.3 Å². The molecule has 10 nitrogen and oxygen atoms in total. The van der Waals surface area contributed by atoms with Gasteiger partial charge in [-0.3, -0.25) is 0 Å². The number of hydrogen-bond donors (Lipinski definition) is 5. The molecule has 5 aliphatic rings. The minimum Gasteiger partial charge on any atom is -0.504 e. The maximum Gasteiger partial charge on any atom is 0.335 e. The van der Waals surface area contributed by atoms with Crippen molar-refractivity contribution in [1.29, 1.82) is 0 Å². The molecular formula is C23H27NO9. The number of phenols is 1. The van der Waals surface area contributed by atoms with Crippen LogP contribution in [0, 0.1) is 5.92 Å². The normalized spacial score (nSPS) is 45.4.